The van der Waals surface area contributed by atoms with Crippen molar-refractivity contribution in [1.82, 2.24) is 10.6 Å². The summed E-state index contributed by atoms with van der Waals surface area (Å²) in [6.07, 6.45) is 0.887. The Bertz CT molecular complexity index is 369. The Morgan fingerprint density at radius 1 is 1.44 bits per heavy atom. The van der Waals surface area contributed by atoms with Gasteiger partial charge in [0, 0.05) is 12.1 Å². The van der Waals surface area contributed by atoms with Gasteiger partial charge in [-0.3, -0.25) is 4.79 Å². The number of phenolic OH excluding ortho intramolecular Hbond substituents is 1. The van der Waals surface area contributed by atoms with Gasteiger partial charge in [0.15, 0.2) is 0 Å². The fourth-order valence-electron chi connectivity index (χ4n) is 1.22. The van der Waals surface area contributed by atoms with Crippen LogP contribution in [0.3, 0.4) is 0 Å². The Morgan fingerprint density at radius 2 is 2.19 bits per heavy atom. The summed E-state index contributed by atoms with van der Waals surface area (Å²) in [6.45, 7) is 1.50. The molecule has 0 heterocycles. The third-order valence-electron chi connectivity index (χ3n) is 2.10. The van der Waals surface area contributed by atoms with Crippen LogP contribution < -0.4 is 10.6 Å². The molecule has 0 fully saturated rings. The molecule has 1 amide bonds. The average Bonchev–Trinajstić information content (AvgIpc) is 2.28. The van der Waals surface area contributed by atoms with E-state index in [0.717, 1.165) is 16.5 Å². The van der Waals surface area contributed by atoms with E-state index < -0.39 is 0 Å². The van der Waals surface area contributed by atoms with Gasteiger partial charge in [0.1, 0.15) is 5.75 Å². The maximum Gasteiger partial charge on any atom is 0.251 e. The van der Waals surface area contributed by atoms with E-state index in [1.807, 2.05) is 29.6 Å². The molecule has 1 aromatic rings. The molecule has 16 heavy (non-hydrogen) atoms. The first-order valence-electron chi connectivity index (χ1n) is 5.06. The van der Waals surface area contributed by atoms with Crippen LogP contribution in [0.1, 0.15) is 16.8 Å². The van der Waals surface area contributed by atoms with Crippen molar-refractivity contribution in [3.63, 3.8) is 0 Å². The predicted molar refractivity (Wildman–Crippen MR) is 71.7 cm³/mol. The molecule has 0 aliphatic rings. The van der Waals surface area contributed by atoms with E-state index >= 15 is 0 Å². The standard InChI is InChI=1S/C11H15IN2O2/c1-13-5-2-6-14-11(16)8-3-4-9(12)10(15)7-8/h3-4,7,13,15H,2,5-6H2,1H3,(H,14,16). The van der Waals surface area contributed by atoms with E-state index in [4.69, 9.17) is 0 Å². The molecule has 0 saturated heterocycles. The molecule has 0 aliphatic heterocycles. The summed E-state index contributed by atoms with van der Waals surface area (Å²) in [5.74, 6) is -0.00808. The second-order valence-corrected chi connectivity index (χ2v) is 4.54. The maximum atomic E-state index is 11.6. The summed E-state index contributed by atoms with van der Waals surface area (Å²) in [7, 11) is 1.87. The van der Waals surface area contributed by atoms with Crippen LogP contribution in [0.5, 0.6) is 5.75 Å². The van der Waals surface area contributed by atoms with Crippen molar-refractivity contribution in [2.24, 2.45) is 0 Å². The number of amides is 1. The number of aromatic hydroxyl groups is 1. The normalized spacial score (nSPS) is 10.1. The van der Waals surface area contributed by atoms with E-state index in [1.54, 1.807) is 12.1 Å². The van der Waals surface area contributed by atoms with Crippen LogP contribution in [0.25, 0.3) is 0 Å². The topological polar surface area (TPSA) is 61.4 Å². The lowest BCUT2D eigenvalue weighted by Crippen LogP contribution is -2.26. The summed E-state index contributed by atoms with van der Waals surface area (Å²) >= 11 is 2.01. The lowest BCUT2D eigenvalue weighted by atomic mass is 10.2. The highest BCUT2D eigenvalue weighted by Crippen LogP contribution is 2.20. The number of hydrogen-bond donors (Lipinski definition) is 3. The molecule has 0 aliphatic carbocycles. The number of hydrogen-bond acceptors (Lipinski definition) is 3. The van der Waals surface area contributed by atoms with Gasteiger partial charge in [-0.2, -0.15) is 0 Å². The Morgan fingerprint density at radius 3 is 2.81 bits per heavy atom. The minimum atomic E-state index is -0.150. The largest absolute Gasteiger partial charge is 0.507 e. The van der Waals surface area contributed by atoms with Gasteiger partial charge in [0.2, 0.25) is 0 Å². The van der Waals surface area contributed by atoms with Gasteiger partial charge >= 0.3 is 0 Å². The average molecular weight is 334 g/mol. The molecule has 0 spiro atoms. The highest BCUT2D eigenvalue weighted by atomic mass is 127. The molecule has 0 unspecified atom stereocenters. The Kier molecular flexibility index (Phi) is 5.54. The van der Waals surface area contributed by atoms with E-state index in [-0.39, 0.29) is 11.7 Å². The Labute approximate surface area is 109 Å². The molecule has 1 aromatic carbocycles. The molecular weight excluding hydrogens is 319 g/mol. The first-order valence-corrected chi connectivity index (χ1v) is 6.14. The molecule has 0 radical (unpaired) electrons. The summed E-state index contributed by atoms with van der Waals surface area (Å²) in [5, 5.41) is 15.3. The van der Waals surface area contributed by atoms with Crippen LogP contribution >= 0.6 is 22.6 Å². The first-order chi connectivity index (χ1) is 7.65. The van der Waals surface area contributed by atoms with E-state index in [1.165, 1.54) is 6.07 Å². The third kappa shape index (κ3) is 3.97. The fourth-order valence-corrected chi connectivity index (χ4v) is 1.56. The second kappa shape index (κ2) is 6.70. The van der Waals surface area contributed by atoms with Gasteiger partial charge in [0.05, 0.1) is 3.57 Å². The number of benzene rings is 1. The monoisotopic (exact) mass is 334 g/mol. The maximum absolute atomic E-state index is 11.6. The van der Waals surface area contributed by atoms with Crippen LogP contribution in [-0.2, 0) is 0 Å². The molecule has 4 nitrogen and oxygen atoms in total. The second-order valence-electron chi connectivity index (χ2n) is 3.38. The van der Waals surface area contributed by atoms with E-state index in [0.29, 0.717) is 12.1 Å². The van der Waals surface area contributed by atoms with Crippen LogP contribution in [0.4, 0.5) is 0 Å². The molecule has 88 valence electrons. The molecule has 0 atom stereocenters. The first kappa shape index (κ1) is 13.2. The number of carbonyl (C=O) groups is 1. The summed E-state index contributed by atoms with van der Waals surface area (Å²) in [6, 6.07) is 4.91. The molecular formula is C11H15IN2O2. The number of rotatable bonds is 5. The quantitative estimate of drug-likeness (QED) is 0.563. The van der Waals surface area contributed by atoms with Crippen molar-refractivity contribution in [3.05, 3.63) is 27.3 Å². The minimum Gasteiger partial charge on any atom is -0.507 e. The lowest BCUT2D eigenvalue weighted by molar-refractivity contribution is 0.0953. The van der Waals surface area contributed by atoms with Crippen LogP contribution in [0.2, 0.25) is 0 Å². The highest BCUT2D eigenvalue weighted by molar-refractivity contribution is 14.1. The summed E-state index contributed by atoms with van der Waals surface area (Å²) in [4.78, 5) is 11.6. The van der Waals surface area contributed by atoms with Crippen molar-refractivity contribution in [3.8, 4) is 5.75 Å². The number of halogens is 1. The lowest BCUT2D eigenvalue weighted by Gasteiger charge is -2.05. The van der Waals surface area contributed by atoms with Crippen molar-refractivity contribution in [2.75, 3.05) is 20.1 Å². The van der Waals surface area contributed by atoms with Gasteiger partial charge in [-0.1, -0.05) is 0 Å². The molecule has 5 heteroatoms. The summed E-state index contributed by atoms with van der Waals surface area (Å²) in [5.41, 5.74) is 0.488. The minimum absolute atomic E-state index is 0.142. The zero-order valence-electron chi connectivity index (χ0n) is 9.09. The molecule has 0 saturated carbocycles. The zero-order valence-corrected chi connectivity index (χ0v) is 11.2. The smallest absolute Gasteiger partial charge is 0.251 e. The van der Waals surface area contributed by atoms with Crippen LogP contribution in [0, 0.1) is 3.57 Å². The van der Waals surface area contributed by atoms with Gasteiger partial charge in [-0.05, 0) is 60.8 Å². The molecule has 1 rings (SSSR count). The third-order valence-corrected chi connectivity index (χ3v) is 3.01. The Balaban J connectivity index is 2.50. The SMILES string of the molecule is CNCCCNC(=O)c1ccc(I)c(O)c1. The Hall–Kier alpha value is -0.820. The van der Waals surface area contributed by atoms with Crippen molar-refractivity contribution in [1.29, 1.82) is 0 Å². The predicted octanol–water partition coefficient (Wildman–Crippen LogP) is 1.34. The molecule has 0 aromatic heterocycles. The van der Waals surface area contributed by atoms with E-state index in [2.05, 4.69) is 10.6 Å². The van der Waals surface area contributed by atoms with Crippen LogP contribution in [-0.4, -0.2) is 31.2 Å². The summed E-state index contributed by atoms with van der Waals surface area (Å²) < 4.78 is 0.740. The number of phenols is 1. The van der Waals surface area contributed by atoms with Crippen molar-refractivity contribution in [2.45, 2.75) is 6.42 Å². The van der Waals surface area contributed by atoms with Crippen molar-refractivity contribution >= 4 is 28.5 Å². The van der Waals surface area contributed by atoms with Gasteiger partial charge in [-0.15, -0.1) is 0 Å². The van der Waals surface area contributed by atoms with Crippen LogP contribution in [0.15, 0.2) is 18.2 Å². The van der Waals surface area contributed by atoms with Crippen molar-refractivity contribution < 1.29 is 9.90 Å². The highest BCUT2D eigenvalue weighted by Gasteiger charge is 2.07. The number of nitrogens with one attached hydrogen (secondary N) is 2. The van der Waals surface area contributed by atoms with Gasteiger partial charge in [-0.25, -0.2) is 0 Å². The zero-order chi connectivity index (χ0) is 12.0. The molecule has 3 N–H and O–H groups in total. The van der Waals surface area contributed by atoms with Gasteiger partial charge in [0.25, 0.3) is 5.91 Å². The fraction of sp³-hybridized carbons (Fsp3) is 0.364. The van der Waals surface area contributed by atoms with Gasteiger partial charge < -0.3 is 15.7 Å². The van der Waals surface area contributed by atoms with E-state index in [9.17, 15) is 9.90 Å². The molecule has 0 bridgehead atoms. The number of carbonyl (C=O) groups excluding carboxylic acids is 1.